The SMILES string of the molecule is CC[C@@H](Nc1nc2c(Br)cccc2c2nc(-c3ccc(Cl)cc3OC(F)(F)F)nn12)C(N)=O. The zero-order chi connectivity index (χ0) is 23.9. The molecule has 8 nitrogen and oxygen atoms in total. The number of fused-ring (bicyclic) bond motifs is 3. The fourth-order valence-corrected chi connectivity index (χ4v) is 3.84. The second-order valence-corrected chi connectivity index (χ2v) is 8.23. The smallest absolute Gasteiger partial charge is 0.405 e. The van der Waals surface area contributed by atoms with Crippen molar-refractivity contribution in [2.45, 2.75) is 25.7 Å². The molecule has 0 saturated carbocycles. The zero-order valence-electron chi connectivity index (χ0n) is 16.8. The molecule has 2 aromatic carbocycles. The van der Waals surface area contributed by atoms with Gasteiger partial charge in [-0.2, -0.15) is 4.52 Å². The number of alkyl halides is 3. The van der Waals surface area contributed by atoms with E-state index >= 15 is 0 Å². The zero-order valence-corrected chi connectivity index (χ0v) is 19.2. The minimum atomic E-state index is -4.94. The largest absolute Gasteiger partial charge is 0.573 e. The average Bonchev–Trinajstić information content (AvgIpc) is 3.16. The monoisotopic (exact) mass is 542 g/mol. The van der Waals surface area contributed by atoms with Crippen LogP contribution < -0.4 is 15.8 Å². The number of hydrogen-bond donors (Lipinski definition) is 2. The van der Waals surface area contributed by atoms with Gasteiger partial charge in [0.1, 0.15) is 11.8 Å². The van der Waals surface area contributed by atoms with Crippen molar-refractivity contribution in [2.75, 3.05) is 5.32 Å². The number of aromatic nitrogens is 4. The van der Waals surface area contributed by atoms with E-state index in [9.17, 15) is 18.0 Å². The summed E-state index contributed by atoms with van der Waals surface area (Å²) in [5.74, 6) is -1.07. The summed E-state index contributed by atoms with van der Waals surface area (Å²) < 4.78 is 45.0. The van der Waals surface area contributed by atoms with E-state index in [1.54, 1.807) is 25.1 Å². The number of hydrogen-bond acceptors (Lipinski definition) is 6. The van der Waals surface area contributed by atoms with Crippen molar-refractivity contribution >= 4 is 55.9 Å². The van der Waals surface area contributed by atoms with Crippen molar-refractivity contribution in [3.8, 4) is 17.1 Å². The molecule has 0 aliphatic heterocycles. The van der Waals surface area contributed by atoms with E-state index in [0.29, 0.717) is 27.4 Å². The van der Waals surface area contributed by atoms with Crippen LogP contribution in [0.5, 0.6) is 5.75 Å². The van der Waals surface area contributed by atoms with Crippen LogP contribution in [0.1, 0.15) is 13.3 Å². The number of rotatable bonds is 6. The van der Waals surface area contributed by atoms with Crippen molar-refractivity contribution in [3.05, 3.63) is 45.9 Å². The Morgan fingerprint density at radius 1 is 1.30 bits per heavy atom. The van der Waals surface area contributed by atoms with Crippen LogP contribution in [-0.2, 0) is 4.79 Å². The predicted octanol–water partition coefficient (Wildman–Crippen LogP) is 4.93. The lowest BCUT2D eigenvalue weighted by molar-refractivity contribution is -0.274. The number of ether oxygens (including phenoxy) is 1. The molecule has 3 N–H and O–H groups in total. The molecule has 33 heavy (non-hydrogen) atoms. The molecular formula is C20H15BrClF3N6O2. The predicted molar refractivity (Wildman–Crippen MR) is 120 cm³/mol. The molecule has 0 spiro atoms. The van der Waals surface area contributed by atoms with Crippen LogP contribution in [0.25, 0.3) is 27.9 Å². The van der Waals surface area contributed by atoms with Gasteiger partial charge in [-0.05, 0) is 52.7 Å². The number of nitrogens with one attached hydrogen (secondary N) is 1. The van der Waals surface area contributed by atoms with E-state index in [-0.39, 0.29) is 22.4 Å². The second kappa shape index (κ2) is 8.67. The number of anilines is 1. The fraction of sp³-hybridized carbons (Fsp3) is 0.200. The van der Waals surface area contributed by atoms with E-state index in [0.717, 1.165) is 6.07 Å². The van der Waals surface area contributed by atoms with Crippen molar-refractivity contribution in [3.63, 3.8) is 0 Å². The van der Waals surface area contributed by atoms with Crippen LogP contribution in [0.4, 0.5) is 19.1 Å². The standard InChI is InChI=1S/C20H15BrClF3N6O2/c1-2-13(16(26)32)27-19-28-15-11(4-3-5-12(15)21)18-29-17(30-31(18)19)10-7-6-9(22)8-14(10)33-20(23,24)25/h3-8,13H,2H2,1H3,(H2,26,32)(H,27,28)/t13-/m1/s1. The maximum absolute atomic E-state index is 13.0. The number of benzene rings is 2. The van der Waals surface area contributed by atoms with Gasteiger partial charge in [-0.25, -0.2) is 9.97 Å². The van der Waals surface area contributed by atoms with Crippen LogP contribution in [0.2, 0.25) is 5.02 Å². The third kappa shape index (κ3) is 4.67. The van der Waals surface area contributed by atoms with E-state index in [4.69, 9.17) is 17.3 Å². The van der Waals surface area contributed by atoms with Crippen LogP contribution in [0, 0.1) is 0 Å². The van der Waals surface area contributed by atoms with Gasteiger partial charge in [0.25, 0.3) is 0 Å². The molecule has 0 unspecified atom stereocenters. The summed E-state index contributed by atoms with van der Waals surface area (Å²) in [5.41, 5.74) is 6.23. The fourth-order valence-electron chi connectivity index (χ4n) is 3.22. The lowest BCUT2D eigenvalue weighted by Gasteiger charge is -2.15. The van der Waals surface area contributed by atoms with Crippen LogP contribution in [-0.4, -0.2) is 37.9 Å². The molecule has 2 aromatic heterocycles. The average molecular weight is 544 g/mol. The molecule has 4 aromatic rings. The quantitative estimate of drug-likeness (QED) is 0.357. The molecule has 0 bridgehead atoms. The number of nitrogens with zero attached hydrogens (tertiary/aromatic N) is 4. The van der Waals surface area contributed by atoms with Gasteiger partial charge in [-0.3, -0.25) is 4.79 Å². The Bertz CT molecular complexity index is 1380. The van der Waals surface area contributed by atoms with Gasteiger partial charge in [0.2, 0.25) is 11.9 Å². The van der Waals surface area contributed by atoms with Crippen molar-refractivity contribution in [1.29, 1.82) is 0 Å². The molecule has 172 valence electrons. The maximum Gasteiger partial charge on any atom is 0.573 e. The third-order valence-corrected chi connectivity index (χ3v) is 5.59. The maximum atomic E-state index is 13.0. The minimum absolute atomic E-state index is 0.0311. The number of amides is 1. The highest BCUT2D eigenvalue weighted by atomic mass is 79.9. The number of para-hydroxylation sites is 1. The molecule has 1 amide bonds. The summed E-state index contributed by atoms with van der Waals surface area (Å²) >= 11 is 9.31. The summed E-state index contributed by atoms with van der Waals surface area (Å²) in [6, 6.07) is 8.27. The minimum Gasteiger partial charge on any atom is -0.405 e. The number of primary amides is 1. The molecule has 0 saturated heterocycles. The second-order valence-electron chi connectivity index (χ2n) is 6.94. The number of nitrogens with two attached hydrogens (primary N) is 1. The van der Waals surface area contributed by atoms with Gasteiger partial charge in [0, 0.05) is 14.9 Å². The first kappa shape index (κ1) is 23.1. The topological polar surface area (TPSA) is 107 Å². The molecule has 4 rings (SSSR count). The Kier molecular flexibility index (Phi) is 6.06. The van der Waals surface area contributed by atoms with Gasteiger partial charge >= 0.3 is 6.36 Å². The van der Waals surface area contributed by atoms with Crippen LogP contribution in [0.3, 0.4) is 0 Å². The molecule has 1 atom stereocenters. The van der Waals surface area contributed by atoms with Gasteiger partial charge in [-0.15, -0.1) is 18.3 Å². The summed E-state index contributed by atoms with van der Waals surface area (Å²) in [6.07, 6.45) is -4.57. The molecule has 0 fully saturated rings. The highest BCUT2D eigenvalue weighted by Crippen LogP contribution is 2.36. The van der Waals surface area contributed by atoms with Gasteiger partial charge in [0.05, 0.1) is 11.1 Å². The molecule has 0 aliphatic rings. The highest BCUT2D eigenvalue weighted by Gasteiger charge is 2.33. The summed E-state index contributed by atoms with van der Waals surface area (Å²) in [7, 11) is 0. The summed E-state index contributed by atoms with van der Waals surface area (Å²) in [4.78, 5) is 20.8. The van der Waals surface area contributed by atoms with Gasteiger partial charge < -0.3 is 15.8 Å². The highest BCUT2D eigenvalue weighted by molar-refractivity contribution is 9.10. The molecule has 13 heteroatoms. The number of halogens is 5. The number of carbonyl (C=O) groups excluding carboxylic acids is 1. The molecular weight excluding hydrogens is 529 g/mol. The molecule has 0 aliphatic carbocycles. The molecule has 2 heterocycles. The van der Waals surface area contributed by atoms with Crippen molar-refractivity contribution < 1.29 is 22.7 Å². The number of carbonyl (C=O) groups is 1. The van der Waals surface area contributed by atoms with Gasteiger partial charge in [0.15, 0.2) is 11.5 Å². The third-order valence-electron chi connectivity index (χ3n) is 4.72. The molecule has 0 radical (unpaired) electrons. The lowest BCUT2D eigenvalue weighted by Crippen LogP contribution is -2.35. The lowest BCUT2D eigenvalue weighted by atomic mass is 10.2. The Labute approximate surface area is 198 Å². The Morgan fingerprint density at radius 2 is 2.06 bits per heavy atom. The van der Waals surface area contributed by atoms with E-state index < -0.39 is 24.1 Å². The normalized spacial score (nSPS) is 12.8. The van der Waals surface area contributed by atoms with E-state index in [2.05, 4.69) is 41.1 Å². The van der Waals surface area contributed by atoms with Crippen LogP contribution in [0.15, 0.2) is 40.9 Å². The summed E-state index contributed by atoms with van der Waals surface area (Å²) in [5, 5.41) is 7.92. The first-order valence-electron chi connectivity index (χ1n) is 9.54. The van der Waals surface area contributed by atoms with Crippen molar-refractivity contribution in [2.24, 2.45) is 5.73 Å². The van der Waals surface area contributed by atoms with E-state index in [1.807, 2.05) is 0 Å². The Hall–Kier alpha value is -3.12. The van der Waals surface area contributed by atoms with Gasteiger partial charge in [-0.1, -0.05) is 24.6 Å². The van der Waals surface area contributed by atoms with Crippen LogP contribution >= 0.6 is 27.5 Å². The van der Waals surface area contributed by atoms with Crippen molar-refractivity contribution in [1.82, 2.24) is 19.6 Å². The first-order chi connectivity index (χ1) is 15.6. The summed E-state index contributed by atoms with van der Waals surface area (Å²) in [6.45, 7) is 1.76. The Morgan fingerprint density at radius 3 is 2.73 bits per heavy atom. The first-order valence-corrected chi connectivity index (χ1v) is 10.7. The Balaban J connectivity index is 1.97. The van der Waals surface area contributed by atoms with E-state index in [1.165, 1.54) is 16.6 Å².